The minimum Gasteiger partial charge on any atom is -0.372 e. The van der Waals surface area contributed by atoms with E-state index in [0.717, 1.165) is 4.57 Å². The van der Waals surface area contributed by atoms with Gasteiger partial charge in [-0.3, -0.25) is 14.3 Å². The summed E-state index contributed by atoms with van der Waals surface area (Å²) in [7, 11) is 2.90. The number of hydrogen-bond donors (Lipinski definition) is 2. The second kappa shape index (κ2) is 3.21. The van der Waals surface area contributed by atoms with Crippen LogP contribution in [0.5, 0.6) is 0 Å². The van der Waals surface area contributed by atoms with E-state index in [9.17, 15) is 14.5 Å². The van der Waals surface area contributed by atoms with Crippen molar-refractivity contribution in [2.45, 2.75) is 0 Å². The van der Waals surface area contributed by atoms with Crippen LogP contribution in [0.1, 0.15) is 0 Å². The lowest BCUT2D eigenvalue weighted by Crippen LogP contribution is -2.29. The molecule has 1 aromatic heterocycles. The number of aromatic amines is 1. The largest absolute Gasteiger partial charge is 0.372 e. The van der Waals surface area contributed by atoms with Crippen molar-refractivity contribution in [1.29, 1.82) is 0 Å². The van der Waals surface area contributed by atoms with Gasteiger partial charge in [0.05, 0.1) is 0 Å². The van der Waals surface area contributed by atoms with Crippen molar-refractivity contribution in [3.8, 4) is 0 Å². The number of aromatic nitrogens is 2. The normalized spacial score (nSPS) is 9.69. The molecule has 0 spiro atoms. The number of nitrogens with zero attached hydrogens (tertiary/aromatic N) is 2. The van der Waals surface area contributed by atoms with Gasteiger partial charge in [0.15, 0.2) is 0 Å². The second-order valence-corrected chi connectivity index (χ2v) is 2.36. The van der Waals surface area contributed by atoms with Gasteiger partial charge in [0, 0.05) is 14.1 Å². The van der Waals surface area contributed by atoms with Crippen LogP contribution >= 0.6 is 0 Å². The SMILES string of the molecule is CNc1c(N=O)c(=O)[nH]c(=O)n1C. The Morgan fingerprint density at radius 1 is 1.46 bits per heavy atom. The van der Waals surface area contributed by atoms with Gasteiger partial charge in [-0.05, 0) is 5.18 Å². The summed E-state index contributed by atoms with van der Waals surface area (Å²) in [5.41, 5.74) is -1.71. The topological polar surface area (TPSA) is 96.3 Å². The highest BCUT2D eigenvalue weighted by Crippen LogP contribution is 2.14. The fourth-order valence-electron chi connectivity index (χ4n) is 0.979. The highest BCUT2D eigenvalue weighted by molar-refractivity contribution is 5.58. The number of H-pyrrole nitrogens is 1. The van der Waals surface area contributed by atoms with Gasteiger partial charge in [0.25, 0.3) is 5.56 Å². The number of nitroso groups, excluding NO2 is 1. The summed E-state index contributed by atoms with van der Waals surface area (Å²) in [6.07, 6.45) is 0. The summed E-state index contributed by atoms with van der Waals surface area (Å²) in [6, 6.07) is 0. The van der Waals surface area contributed by atoms with Crippen LogP contribution in [0.4, 0.5) is 11.5 Å². The molecule has 0 fully saturated rings. The van der Waals surface area contributed by atoms with Crippen LogP contribution in [0.15, 0.2) is 14.8 Å². The summed E-state index contributed by atoms with van der Waals surface area (Å²) in [4.78, 5) is 34.2. The number of anilines is 1. The quantitative estimate of drug-likeness (QED) is 0.606. The van der Waals surface area contributed by atoms with Crippen molar-refractivity contribution in [2.24, 2.45) is 12.2 Å². The molecule has 0 aliphatic carbocycles. The van der Waals surface area contributed by atoms with Gasteiger partial charge >= 0.3 is 5.69 Å². The molecule has 0 saturated carbocycles. The predicted octanol–water partition coefficient (Wildman–Crippen LogP) is -0.487. The van der Waals surface area contributed by atoms with Gasteiger partial charge in [-0.25, -0.2) is 4.79 Å². The summed E-state index contributed by atoms with van der Waals surface area (Å²) in [6.45, 7) is 0. The van der Waals surface area contributed by atoms with Crippen molar-refractivity contribution in [1.82, 2.24) is 9.55 Å². The molecule has 7 nitrogen and oxygen atoms in total. The van der Waals surface area contributed by atoms with Crippen LogP contribution in [-0.2, 0) is 7.05 Å². The average Bonchev–Trinajstić information content (AvgIpc) is 2.10. The zero-order valence-electron chi connectivity index (χ0n) is 7.12. The molecular weight excluding hydrogens is 176 g/mol. The Bertz CT molecular complexity index is 444. The van der Waals surface area contributed by atoms with E-state index in [-0.39, 0.29) is 11.5 Å². The van der Waals surface area contributed by atoms with Crippen LogP contribution in [0.2, 0.25) is 0 Å². The molecule has 0 unspecified atom stereocenters. The van der Waals surface area contributed by atoms with Crippen LogP contribution in [0.25, 0.3) is 0 Å². The van der Waals surface area contributed by atoms with Crippen LogP contribution in [-0.4, -0.2) is 16.6 Å². The fourth-order valence-corrected chi connectivity index (χ4v) is 0.979. The van der Waals surface area contributed by atoms with E-state index in [0.29, 0.717) is 0 Å². The average molecular weight is 184 g/mol. The summed E-state index contributed by atoms with van der Waals surface area (Å²) in [5.74, 6) is 0.101. The van der Waals surface area contributed by atoms with E-state index in [1.165, 1.54) is 14.1 Å². The zero-order chi connectivity index (χ0) is 10.0. The standard InChI is InChI=1S/C6H8N4O3/c1-7-4-3(9-13)5(11)8-6(12)10(4)2/h7H,1-2H3,(H,8,11,12). The van der Waals surface area contributed by atoms with E-state index in [4.69, 9.17) is 0 Å². The fraction of sp³-hybridized carbons (Fsp3) is 0.333. The molecule has 0 aliphatic heterocycles. The first kappa shape index (κ1) is 9.17. The molecule has 0 bridgehead atoms. The molecule has 7 heteroatoms. The summed E-state index contributed by atoms with van der Waals surface area (Å²) >= 11 is 0. The maximum absolute atomic E-state index is 11.0. The maximum atomic E-state index is 11.0. The number of rotatable bonds is 2. The van der Waals surface area contributed by atoms with Crippen LogP contribution in [0, 0.1) is 4.91 Å². The minimum absolute atomic E-state index is 0.101. The molecule has 0 atom stereocenters. The zero-order valence-corrected chi connectivity index (χ0v) is 7.12. The van der Waals surface area contributed by atoms with Crippen molar-refractivity contribution in [2.75, 3.05) is 12.4 Å². The highest BCUT2D eigenvalue weighted by Gasteiger charge is 2.11. The molecule has 0 radical (unpaired) electrons. The van der Waals surface area contributed by atoms with Crippen molar-refractivity contribution in [3.63, 3.8) is 0 Å². The van der Waals surface area contributed by atoms with E-state index >= 15 is 0 Å². The van der Waals surface area contributed by atoms with Gasteiger partial charge in [0.1, 0.15) is 5.82 Å². The van der Waals surface area contributed by atoms with Gasteiger partial charge in [0.2, 0.25) is 5.69 Å². The molecule has 70 valence electrons. The molecule has 1 rings (SSSR count). The molecule has 1 heterocycles. The van der Waals surface area contributed by atoms with E-state index in [2.05, 4.69) is 10.5 Å². The third kappa shape index (κ3) is 1.35. The second-order valence-electron chi connectivity index (χ2n) is 2.36. The molecule has 0 aliphatic rings. The lowest BCUT2D eigenvalue weighted by atomic mass is 10.4. The Hall–Kier alpha value is -1.92. The van der Waals surface area contributed by atoms with E-state index in [1.54, 1.807) is 0 Å². The molecule has 0 saturated heterocycles. The monoisotopic (exact) mass is 184 g/mol. The third-order valence-corrected chi connectivity index (χ3v) is 1.63. The van der Waals surface area contributed by atoms with Crippen molar-refractivity contribution < 1.29 is 0 Å². The number of nitrogens with one attached hydrogen (secondary N) is 2. The van der Waals surface area contributed by atoms with Gasteiger partial charge in [-0.15, -0.1) is 4.91 Å². The highest BCUT2D eigenvalue weighted by atomic mass is 16.3. The van der Waals surface area contributed by atoms with Crippen LogP contribution in [0.3, 0.4) is 0 Å². The van der Waals surface area contributed by atoms with E-state index < -0.39 is 11.2 Å². The minimum atomic E-state index is -0.789. The van der Waals surface area contributed by atoms with Gasteiger partial charge in [-0.1, -0.05) is 0 Å². The Labute approximate surface area is 72.4 Å². The summed E-state index contributed by atoms with van der Waals surface area (Å²) in [5, 5.41) is 5.07. The molecule has 2 N–H and O–H groups in total. The molecule has 0 aromatic carbocycles. The smallest absolute Gasteiger partial charge is 0.329 e. The number of hydrogen-bond acceptors (Lipinski definition) is 5. The molecule has 0 amide bonds. The summed E-state index contributed by atoms with van der Waals surface area (Å²) < 4.78 is 1.10. The van der Waals surface area contributed by atoms with Crippen LogP contribution < -0.4 is 16.6 Å². The first-order chi connectivity index (χ1) is 6.11. The van der Waals surface area contributed by atoms with E-state index in [1.807, 2.05) is 4.98 Å². The molecule has 1 aromatic rings. The maximum Gasteiger partial charge on any atom is 0.329 e. The van der Waals surface area contributed by atoms with Crippen molar-refractivity contribution >= 4 is 11.5 Å². The Morgan fingerprint density at radius 3 is 2.54 bits per heavy atom. The molecule has 13 heavy (non-hydrogen) atoms. The lowest BCUT2D eigenvalue weighted by molar-refractivity contribution is 0.807. The predicted molar refractivity (Wildman–Crippen MR) is 47.3 cm³/mol. The Balaban J connectivity index is 3.70. The van der Waals surface area contributed by atoms with Gasteiger partial charge in [-0.2, -0.15) is 0 Å². The molecular formula is C6H8N4O3. The van der Waals surface area contributed by atoms with Crippen molar-refractivity contribution in [3.05, 3.63) is 25.7 Å². The van der Waals surface area contributed by atoms with Gasteiger partial charge < -0.3 is 5.32 Å². The Kier molecular flexibility index (Phi) is 2.27. The Morgan fingerprint density at radius 2 is 2.08 bits per heavy atom. The third-order valence-electron chi connectivity index (χ3n) is 1.63. The lowest BCUT2D eigenvalue weighted by Gasteiger charge is -2.06. The first-order valence-corrected chi connectivity index (χ1v) is 3.46. The first-order valence-electron chi connectivity index (χ1n) is 3.46.